The molecule has 168 valence electrons. The van der Waals surface area contributed by atoms with Crippen molar-refractivity contribution in [2.45, 2.75) is 19.4 Å². The molecule has 1 aromatic carbocycles. The van der Waals surface area contributed by atoms with E-state index in [9.17, 15) is 14.7 Å². The molecular weight excluding hydrogens is 478 g/mol. The summed E-state index contributed by atoms with van der Waals surface area (Å²) in [5.41, 5.74) is 2.56. The molecule has 0 spiro atoms. The molecule has 0 bridgehead atoms. The zero-order valence-corrected chi connectivity index (χ0v) is 20.4. The molecule has 3 aromatic rings. The van der Waals surface area contributed by atoms with Gasteiger partial charge in [-0.3, -0.25) is 4.79 Å². The number of hydrogen-bond acceptors (Lipinski definition) is 5. The standard InChI is InChI=1S/C22H20Cl2N4O3S.Li.H/c1-10-15(23)16(24)18(25-10)20(29)27-17-12-8-28(9-13(12)17)22-26-14(19(32-22)21(30)31)7-11-5-3-2-4-6-11;;/h2-6,12-13,17,25H,7-9H2,1H3,(H,27,29)(H,30,31);;/q;+1;-1/t12-,13+,17?;;. The van der Waals surface area contributed by atoms with Gasteiger partial charge in [-0.15, -0.1) is 0 Å². The van der Waals surface area contributed by atoms with Crippen LogP contribution in [0.3, 0.4) is 0 Å². The van der Waals surface area contributed by atoms with Gasteiger partial charge in [-0.1, -0.05) is 64.9 Å². The number of piperidine rings is 1. The molecule has 3 heterocycles. The van der Waals surface area contributed by atoms with Gasteiger partial charge in [0.1, 0.15) is 10.6 Å². The molecule has 1 aliphatic carbocycles. The predicted octanol–water partition coefficient (Wildman–Crippen LogP) is 1.36. The number of nitrogens with one attached hydrogen (secondary N) is 2. The fraction of sp³-hybridized carbons (Fsp3) is 0.318. The topological polar surface area (TPSA) is 98.3 Å². The largest absolute Gasteiger partial charge is 1.00 e. The number of carboxylic acid groups (broad SMARTS) is 1. The number of anilines is 1. The van der Waals surface area contributed by atoms with Crippen LogP contribution < -0.4 is 29.1 Å². The molecule has 1 saturated carbocycles. The minimum Gasteiger partial charge on any atom is -1.00 e. The molecule has 5 rings (SSSR count). The van der Waals surface area contributed by atoms with Gasteiger partial charge in [0.15, 0.2) is 5.13 Å². The number of aromatic nitrogens is 2. The van der Waals surface area contributed by atoms with Crippen LogP contribution in [-0.2, 0) is 6.42 Å². The third-order valence-corrected chi connectivity index (χ3v) is 8.23. The molecule has 1 unspecified atom stereocenters. The Balaban J connectivity index is 0.00000162. The maximum absolute atomic E-state index is 12.6. The first-order valence-electron chi connectivity index (χ1n) is 10.2. The molecule has 11 heteroatoms. The third kappa shape index (κ3) is 4.55. The molecule has 7 nitrogen and oxygen atoms in total. The summed E-state index contributed by atoms with van der Waals surface area (Å²) < 4.78 is 0. The molecule has 2 fully saturated rings. The molecule has 3 atom stereocenters. The number of benzene rings is 1. The Kier molecular flexibility index (Phi) is 6.86. The van der Waals surface area contributed by atoms with Crippen molar-refractivity contribution in [3.05, 3.63) is 67.9 Å². The summed E-state index contributed by atoms with van der Waals surface area (Å²) in [6.07, 6.45) is 0.483. The number of carboxylic acids is 1. The van der Waals surface area contributed by atoms with Gasteiger partial charge in [0.2, 0.25) is 0 Å². The van der Waals surface area contributed by atoms with Crippen LogP contribution in [0.4, 0.5) is 5.13 Å². The van der Waals surface area contributed by atoms with E-state index in [4.69, 9.17) is 23.2 Å². The summed E-state index contributed by atoms with van der Waals surface area (Å²) in [5, 5.41) is 14.0. The third-order valence-electron chi connectivity index (χ3n) is 6.14. The Morgan fingerprint density at radius 1 is 1.24 bits per heavy atom. The van der Waals surface area contributed by atoms with Crippen molar-refractivity contribution in [3.8, 4) is 0 Å². The Labute approximate surface area is 218 Å². The van der Waals surface area contributed by atoms with Crippen molar-refractivity contribution in [1.29, 1.82) is 0 Å². The van der Waals surface area contributed by atoms with Crippen LogP contribution in [0.1, 0.15) is 38.5 Å². The average molecular weight is 499 g/mol. The quantitative estimate of drug-likeness (QED) is 0.445. The maximum atomic E-state index is 12.6. The summed E-state index contributed by atoms with van der Waals surface area (Å²) in [6, 6.07) is 9.80. The Morgan fingerprint density at radius 3 is 2.48 bits per heavy atom. The molecule has 33 heavy (non-hydrogen) atoms. The number of carbonyl (C=O) groups excluding carboxylic acids is 1. The van der Waals surface area contributed by atoms with Gasteiger partial charge in [-0.25, -0.2) is 9.78 Å². The SMILES string of the molecule is Cc1[nH]c(C(=O)NC2[C@H]3CN(c4nc(Cc5ccccc5)c(C(=O)O)s4)C[C@@H]23)c(Cl)c1Cl.[H-].[Li+]. The smallest absolute Gasteiger partial charge is 1.00 e. The number of amides is 1. The van der Waals surface area contributed by atoms with Gasteiger partial charge in [-0.2, -0.15) is 0 Å². The number of nitrogens with zero attached hydrogens (tertiary/aromatic N) is 2. The predicted molar refractivity (Wildman–Crippen MR) is 125 cm³/mol. The van der Waals surface area contributed by atoms with Crippen molar-refractivity contribution in [1.82, 2.24) is 15.3 Å². The number of halogens is 2. The molecule has 3 N–H and O–H groups in total. The van der Waals surface area contributed by atoms with Gasteiger partial charge >= 0.3 is 24.8 Å². The van der Waals surface area contributed by atoms with E-state index in [0.717, 1.165) is 23.8 Å². The van der Waals surface area contributed by atoms with Crippen LogP contribution in [-0.4, -0.2) is 46.1 Å². The average Bonchev–Trinajstić information content (AvgIpc) is 3.14. The number of hydrogen-bond donors (Lipinski definition) is 3. The van der Waals surface area contributed by atoms with Gasteiger partial charge in [0.25, 0.3) is 5.91 Å². The zero-order valence-electron chi connectivity index (χ0n) is 19.1. The van der Waals surface area contributed by atoms with Crippen LogP contribution >= 0.6 is 34.5 Å². The number of fused-ring (bicyclic) bond motifs is 1. The van der Waals surface area contributed by atoms with Gasteiger partial charge < -0.3 is 21.7 Å². The summed E-state index contributed by atoms with van der Waals surface area (Å²) in [4.78, 5) is 34.3. The molecule has 1 amide bonds. The van der Waals surface area contributed by atoms with E-state index in [1.807, 2.05) is 30.3 Å². The molecule has 2 aliphatic rings. The van der Waals surface area contributed by atoms with Crippen LogP contribution in [0.15, 0.2) is 30.3 Å². The number of aromatic amines is 1. The summed E-state index contributed by atoms with van der Waals surface area (Å²) in [5.74, 6) is -0.604. The molecule has 0 radical (unpaired) electrons. The van der Waals surface area contributed by atoms with Crippen LogP contribution in [0.2, 0.25) is 10.0 Å². The molecule has 2 aromatic heterocycles. The van der Waals surface area contributed by atoms with Gasteiger partial charge in [0, 0.05) is 43.1 Å². The van der Waals surface area contributed by atoms with E-state index >= 15 is 0 Å². The summed E-state index contributed by atoms with van der Waals surface area (Å²) in [6.45, 7) is 3.22. The minimum atomic E-state index is -0.953. The normalized spacial score (nSPS) is 20.8. The Hall–Kier alpha value is -1.95. The first-order chi connectivity index (χ1) is 15.3. The second kappa shape index (κ2) is 9.36. The molecular formula is C22H21Cl2LiN4O3S. The van der Waals surface area contributed by atoms with Crippen molar-refractivity contribution in [2.75, 3.05) is 18.0 Å². The Bertz CT molecular complexity index is 1210. The fourth-order valence-electron chi connectivity index (χ4n) is 4.40. The number of aromatic carboxylic acids is 1. The second-order valence-electron chi connectivity index (χ2n) is 8.22. The van der Waals surface area contributed by atoms with Crippen LogP contribution in [0.25, 0.3) is 0 Å². The minimum absolute atomic E-state index is 0. The van der Waals surface area contributed by atoms with Crippen LogP contribution in [0.5, 0.6) is 0 Å². The van der Waals surface area contributed by atoms with E-state index in [2.05, 4.69) is 20.2 Å². The van der Waals surface area contributed by atoms with E-state index in [1.54, 1.807) is 6.92 Å². The zero-order chi connectivity index (χ0) is 22.6. The molecule has 1 saturated heterocycles. The van der Waals surface area contributed by atoms with Crippen molar-refractivity contribution in [3.63, 3.8) is 0 Å². The second-order valence-corrected chi connectivity index (χ2v) is 9.96. The number of thiazole rings is 1. The maximum Gasteiger partial charge on any atom is 1.00 e. The first-order valence-corrected chi connectivity index (χ1v) is 11.8. The number of H-pyrrole nitrogens is 1. The van der Waals surface area contributed by atoms with Crippen molar-refractivity contribution in [2.24, 2.45) is 11.8 Å². The van der Waals surface area contributed by atoms with E-state index < -0.39 is 5.97 Å². The number of carbonyl (C=O) groups is 2. The van der Waals surface area contributed by atoms with Crippen molar-refractivity contribution >= 4 is 51.5 Å². The van der Waals surface area contributed by atoms with Gasteiger partial charge in [0.05, 0.1) is 15.7 Å². The monoisotopic (exact) mass is 498 g/mol. The summed E-state index contributed by atoms with van der Waals surface area (Å²) in [7, 11) is 0. The summed E-state index contributed by atoms with van der Waals surface area (Å²) >= 11 is 13.4. The van der Waals surface area contributed by atoms with E-state index in [1.165, 1.54) is 11.3 Å². The first kappa shape index (κ1) is 24.2. The molecule has 1 aliphatic heterocycles. The Morgan fingerprint density at radius 2 is 1.91 bits per heavy atom. The van der Waals surface area contributed by atoms with Gasteiger partial charge in [-0.05, 0) is 12.5 Å². The van der Waals surface area contributed by atoms with Crippen LogP contribution in [0, 0.1) is 18.8 Å². The van der Waals surface area contributed by atoms with Crippen molar-refractivity contribution < 1.29 is 35.0 Å². The van der Waals surface area contributed by atoms with E-state index in [0.29, 0.717) is 34.7 Å². The number of rotatable bonds is 6. The fourth-order valence-corrected chi connectivity index (χ4v) is 5.75. The van der Waals surface area contributed by atoms with E-state index in [-0.39, 0.29) is 47.8 Å². The number of aryl methyl sites for hydroxylation is 1.